The van der Waals surface area contributed by atoms with Gasteiger partial charge in [-0.2, -0.15) is 13.2 Å². The Morgan fingerprint density at radius 1 is 1.38 bits per heavy atom. The van der Waals surface area contributed by atoms with E-state index in [4.69, 9.17) is 0 Å². The topological polar surface area (TPSA) is 50.7 Å². The first-order valence-electron chi connectivity index (χ1n) is 6.48. The first-order valence-corrected chi connectivity index (χ1v) is 7.25. The SMILES string of the molecule is CCCNC(c1cnccc1C(F)(F)F)c1snnc1C. The molecule has 0 aliphatic heterocycles. The summed E-state index contributed by atoms with van der Waals surface area (Å²) in [6.07, 6.45) is -1.20. The minimum Gasteiger partial charge on any atom is -0.305 e. The molecule has 0 aliphatic carbocycles. The molecule has 8 heteroatoms. The lowest BCUT2D eigenvalue weighted by Crippen LogP contribution is -2.26. The normalized spacial score (nSPS) is 13.4. The molecule has 2 rings (SSSR count). The average molecular weight is 316 g/mol. The van der Waals surface area contributed by atoms with Crippen LogP contribution in [-0.2, 0) is 6.18 Å². The third-order valence-electron chi connectivity index (χ3n) is 3.02. The van der Waals surface area contributed by atoms with Crippen molar-refractivity contribution in [2.24, 2.45) is 0 Å². The summed E-state index contributed by atoms with van der Waals surface area (Å²) in [7, 11) is 0. The molecule has 114 valence electrons. The van der Waals surface area contributed by atoms with E-state index in [1.807, 2.05) is 6.92 Å². The van der Waals surface area contributed by atoms with Crippen LogP contribution in [0.15, 0.2) is 18.5 Å². The van der Waals surface area contributed by atoms with Crippen LogP contribution in [0.4, 0.5) is 13.2 Å². The number of halogens is 3. The third-order valence-corrected chi connectivity index (χ3v) is 3.91. The summed E-state index contributed by atoms with van der Waals surface area (Å²) in [6.45, 7) is 4.28. The lowest BCUT2D eigenvalue weighted by molar-refractivity contribution is -0.138. The van der Waals surface area contributed by atoms with E-state index in [-0.39, 0.29) is 5.56 Å². The second-order valence-corrected chi connectivity index (χ2v) is 5.36. The lowest BCUT2D eigenvalue weighted by Gasteiger charge is -2.21. The highest BCUT2D eigenvalue weighted by Crippen LogP contribution is 2.37. The molecule has 2 aromatic heterocycles. The van der Waals surface area contributed by atoms with E-state index in [0.29, 0.717) is 17.1 Å². The molecule has 0 spiro atoms. The van der Waals surface area contributed by atoms with Crippen molar-refractivity contribution in [3.8, 4) is 0 Å². The van der Waals surface area contributed by atoms with Crippen molar-refractivity contribution >= 4 is 11.5 Å². The highest BCUT2D eigenvalue weighted by molar-refractivity contribution is 7.05. The molecule has 0 aliphatic rings. The Kier molecular flexibility index (Phi) is 4.89. The molecule has 1 N–H and O–H groups in total. The molecule has 0 saturated heterocycles. The fourth-order valence-corrected chi connectivity index (χ4v) is 2.77. The van der Waals surface area contributed by atoms with Gasteiger partial charge in [0.25, 0.3) is 0 Å². The fourth-order valence-electron chi connectivity index (χ4n) is 2.03. The smallest absolute Gasteiger partial charge is 0.305 e. The van der Waals surface area contributed by atoms with Crippen LogP contribution in [0.1, 0.15) is 41.1 Å². The lowest BCUT2D eigenvalue weighted by atomic mass is 10.00. The van der Waals surface area contributed by atoms with E-state index < -0.39 is 17.8 Å². The Labute approximate surface area is 124 Å². The Morgan fingerprint density at radius 2 is 2.14 bits per heavy atom. The van der Waals surface area contributed by atoms with Gasteiger partial charge in [-0.25, -0.2) is 0 Å². The predicted molar refractivity (Wildman–Crippen MR) is 74.0 cm³/mol. The van der Waals surface area contributed by atoms with E-state index in [1.54, 1.807) is 6.92 Å². The average Bonchev–Trinajstić information content (AvgIpc) is 2.85. The van der Waals surface area contributed by atoms with Crippen LogP contribution in [0, 0.1) is 6.92 Å². The molecular weight excluding hydrogens is 301 g/mol. The maximum atomic E-state index is 13.2. The molecule has 1 unspecified atom stereocenters. The molecule has 2 heterocycles. The number of rotatable bonds is 5. The summed E-state index contributed by atoms with van der Waals surface area (Å²) >= 11 is 1.10. The number of hydrogen-bond donors (Lipinski definition) is 1. The number of pyridine rings is 1. The maximum absolute atomic E-state index is 13.2. The molecule has 0 amide bonds. The molecular formula is C13H15F3N4S. The minimum absolute atomic E-state index is 0.104. The standard InChI is InChI=1S/C13H15F3N4S/c1-3-5-18-11(12-8(2)19-20-21-12)9-7-17-6-4-10(9)13(14,15)16/h4,6-7,11,18H,3,5H2,1-2H3. The zero-order chi connectivity index (χ0) is 15.5. The molecule has 1 atom stereocenters. The summed E-state index contributed by atoms with van der Waals surface area (Å²) in [5.74, 6) is 0. The summed E-state index contributed by atoms with van der Waals surface area (Å²) in [6, 6.07) is 0.398. The zero-order valence-corrected chi connectivity index (χ0v) is 12.4. The van der Waals surface area contributed by atoms with Crippen molar-refractivity contribution in [3.05, 3.63) is 40.2 Å². The number of nitrogens with one attached hydrogen (secondary N) is 1. The molecule has 2 aromatic rings. The van der Waals surface area contributed by atoms with Gasteiger partial charge in [-0.1, -0.05) is 11.4 Å². The van der Waals surface area contributed by atoms with Crippen molar-refractivity contribution in [2.45, 2.75) is 32.5 Å². The van der Waals surface area contributed by atoms with Gasteiger partial charge < -0.3 is 5.32 Å². The van der Waals surface area contributed by atoms with Crippen molar-refractivity contribution in [2.75, 3.05) is 6.54 Å². The van der Waals surface area contributed by atoms with Gasteiger partial charge in [-0.05, 0) is 37.5 Å². The second-order valence-electron chi connectivity index (χ2n) is 4.57. The van der Waals surface area contributed by atoms with Gasteiger partial charge in [0.05, 0.1) is 22.2 Å². The first-order chi connectivity index (χ1) is 9.95. The summed E-state index contributed by atoms with van der Waals surface area (Å²) in [5.41, 5.74) is 0.0529. The number of nitrogens with zero attached hydrogens (tertiary/aromatic N) is 3. The van der Waals surface area contributed by atoms with Crippen LogP contribution in [0.2, 0.25) is 0 Å². The Morgan fingerprint density at radius 3 is 2.71 bits per heavy atom. The highest BCUT2D eigenvalue weighted by Gasteiger charge is 2.36. The van der Waals surface area contributed by atoms with Gasteiger partial charge in [0.1, 0.15) is 0 Å². The summed E-state index contributed by atoms with van der Waals surface area (Å²) in [4.78, 5) is 4.53. The van der Waals surface area contributed by atoms with Crippen LogP contribution >= 0.6 is 11.5 Å². The molecule has 0 saturated carbocycles. The maximum Gasteiger partial charge on any atom is 0.416 e. The van der Waals surface area contributed by atoms with Crippen LogP contribution in [0.5, 0.6) is 0 Å². The molecule has 0 radical (unpaired) electrons. The Bertz CT molecular complexity index is 597. The van der Waals surface area contributed by atoms with E-state index in [0.717, 1.165) is 30.2 Å². The molecule has 4 nitrogen and oxygen atoms in total. The number of aryl methyl sites for hydroxylation is 1. The van der Waals surface area contributed by atoms with Gasteiger partial charge in [-0.15, -0.1) is 5.10 Å². The molecule has 21 heavy (non-hydrogen) atoms. The van der Waals surface area contributed by atoms with E-state index in [1.165, 1.54) is 6.20 Å². The quantitative estimate of drug-likeness (QED) is 0.919. The van der Waals surface area contributed by atoms with Crippen molar-refractivity contribution < 1.29 is 13.2 Å². The van der Waals surface area contributed by atoms with Gasteiger partial charge >= 0.3 is 6.18 Å². The fraction of sp³-hybridized carbons (Fsp3) is 0.462. The zero-order valence-electron chi connectivity index (χ0n) is 11.6. The van der Waals surface area contributed by atoms with Gasteiger partial charge in [-0.3, -0.25) is 4.98 Å². The Hall–Kier alpha value is -1.54. The van der Waals surface area contributed by atoms with Crippen LogP contribution in [0.3, 0.4) is 0 Å². The molecule has 0 fully saturated rings. The number of alkyl halides is 3. The monoisotopic (exact) mass is 316 g/mol. The summed E-state index contributed by atoms with van der Waals surface area (Å²) < 4.78 is 43.4. The minimum atomic E-state index is -4.42. The van der Waals surface area contributed by atoms with Crippen LogP contribution in [0.25, 0.3) is 0 Å². The molecule has 0 bridgehead atoms. The summed E-state index contributed by atoms with van der Waals surface area (Å²) in [5, 5.41) is 7.02. The first kappa shape index (κ1) is 15.8. The van der Waals surface area contributed by atoms with Crippen LogP contribution in [-0.4, -0.2) is 21.1 Å². The third kappa shape index (κ3) is 3.56. The van der Waals surface area contributed by atoms with Crippen LogP contribution < -0.4 is 5.32 Å². The number of aromatic nitrogens is 3. The van der Waals surface area contributed by atoms with Gasteiger partial charge in [0, 0.05) is 18.0 Å². The van der Waals surface area contributed by atoms with E-state index in [9.17, 15) is 13.2 Å². The van der Waals surface area contributed by atoms with Crippen molar-refractivity contribution in [1.82, 2.24) is 19.9 Å². The van der Waals surface area contributed by atoms with Crippen molar-refractivity contribution in [1.29, 1.82) is 0 Å². The highest BCUT2D eigenvalue weighted by atomic mass is 32.1. The van der Waals surface area contributed by atoms with Crippen molar-refractivity contribution in [3.63, 3.8) is 0 Å². The van der Waals surface area contributed by atoms with Gasteiger partial charge in [0.2, 0.25) is 0 Å². The number of hydrogen-bond acceptors (Lipinski definition) is 5. The van der Waals surface area contributed by atoms with E-state index in [2.05, 4.69) is 19.9 Å². The predicted octanol–water partition coefficient (Wildman–Crippen LogP) is 3.35. The van der Waals surface area contributed by atoms with E-state index >= 15 is 0 Å². The largest absolute Gasteiger partial charge is 0.416 e. The second kappa shape index (κ2) is 6.48. The van der Waals surface area contributed by atoms with Gasteiger partial charge in [0.15, 0.2) is 0 Å². The Balaban J connectivity index is 2.50. The molecule has 0 aromatic carbocycles.